The molecule has 2 N–H and O–H groups in total. The van der Waals surface area contributed by atoms with E-state index in [1.807, 2.05) is 24.4 Å². The van der Waals surface area contributed by atoms with Crippen LogP contribution in [0.15, 0.2) is 49.1 Å². The molecule has 0 radical (unpaired) electrons. The van der Waals surface area contributed by atoms with Gasteiger partial charge in [0.05, 0.1) is 30.7 Å². The summed E-state index contributed by atoms with van der Waals surface area (Å²) in [6.07, 6.45) is 6.99. The number of aliphatic hydroxyl groups excluding tert-OH is 1. The van der Waals surface area contributed by atoms with Gasteiger partial charge in [-0.15, -0.1) is 11.3 Å². The summed E-state index contributed by atoms with van der Waals surface area (Å²) in [7, 11) is 0. The minimum absolute atomic E-state index is 0.00721. The van der Waals surface area contributed by atoms with Gasteiger partial charge in [-0.1, -0.05) is 6.07 Å². The summed E-state index contributed by atoms with van der Waals surface area (Å²) in [5.74, 6) is 0. The van der Waals surface area contributed by atoms with Crippen molar-refractivity contribution in [2.45, 2.75) is 13.2 Å². The Morgan fingerprint density at radius 3 is 2.86 bits per heavy atom. The Morgan fingerprint density at radius 2 is 2.05 bits per heavy atom. The number of anilines is 1. The number of aromatic nitrogens is 3. The zero-order valence-electron chi connectivity index (χ0n) is 11.2. The topological polar surface area (TPSA) is 70.9 Å². The molecule has 3 aromatic heterocycles. The Morgan fingerprint density at radius 1 is 1.10 bits per heavy atom. The van der Waals surface area contributed by atoms with Crippen LogP contribution in [0.5, 0.6) is 0 Å². The van der Waals surface area contributed by atoms with Crippen molar-refractivity contribution in [3.05, 3.63) is 59.5 Å². The van der Waals surface area contributed by atoms with Crippen LogP contribution in [0, 0.1) is 0 Å². The van der Waals surface area contributed by atoms with Gasteiger partial charge in [-0.25, -0.2) is 4.98 Å². The zero-order valence-corrected chi connectivity index (χ0v) is 12.0. The molecule has 0 spiro atoms. The fourth-order valence-corrected chi connectivity index (χ4v) is 2.73. The third-order valence-electron chi connectivity index (χ3n) is 2.97. The second-order valence-corrected chi connectivity index (χ2v) is 5.51. The molecule has 6 heteroatoms. The molecule has 5 nitrogen and oxygen atoms in total. The van der Waals surface area contributed by atoms with Gasteiger partial charge in [-0.2, -0.15) is 0 Å². The molecule has 106 valence electrons. The maximum Gasteiger partial charge on any atom is 0.142 e. The van der Waals surface area contributed by atoms with Crippen molar-refractivity contribution in [3.63, 3.8) is 0 Å². The monoisotopic (exact) mass is 298 g/mol. The lowest BCUT2D eigenvalue weighted by molar-refractivity contribution is 0.282. The lowest BCUT2D eigenvalue weighted by Crippen LogP contribution is -2.01. The highest BCUT2D eigenvalue weighted by Crippen LogP contribution is 2.24. The van der Waals surface area contributed by atoms with Crippen LogP contribution in [-0.4, -0.2) is 20.1 Å². The first-order valence-corrected chi connectivity index (χ1v) is 7.32. The molecule has 3 rings (SSSR count). The van der Waals surface area contributed by atoms with Crippen LogP contribution in [0.1, 0.15) is 10.4 Å². The van der Waals surface area contributed by atoms with Crippen molar-refractivity contribution in [2.75, 3.05) is 5.32 Å². The van der Waals surface area contributed by atoms with E-state index in [9.17, 15) is 5.11 Å². The fourth-order valence-electron chi connectivity index (χ4n) is 1.90. The predicted molar refractivity (Wildman–Crippen MR) is 82.8 cm³/mol. The van der Waals surface area contributed by atoms with Crippen LogP contribution in [0.3, 0.4) is 0 Å². The summed E-state index contributed by atoms with van der Waals surface area (Å²) in [6.45, 7) is 0.635. The molecular weight excluding hydrogens is 284 g/mol. The highest BCUT2D eigenvalue weighted by Gasteiger charge is 2.06. The van der Waals surface area contributed by atoms with Crippen LogP contribution in [-0.2, 0) is 13.2 Å². The van der Waals surface area contributed by atoms with Crippen molar-refractivity contribution in [1.82, 2.24) is 15.0 Å². The molecule has 0 saturated heterocycles. The molecule has 0 aliphatic rings. The fraction of sp³-hybridized carbons (Fsp3) is 0.133. The normalized spacial score (nSPS) is 10.5. The quantitative estimate of drug-likeness (QED) is 0.758. The lowest BCUT2D eigenvalue weighted by atomic mass is 10.2. The number of pyridine rings is 2. The molecule has 0 aliphatic carbocycles. The van der Waals surface area contributed by atoms with Crippen molar-refractivity contribution in [1.29, 1.82) is 0 Å². The molecule has 0 saturated carbocycles. The number of hydrogen-bond donors (Lipinski definition) is 2. The average molecular weight is 298 g/mol. The van der Waals surface area contributed by atoms with Crippen LogP contribution in [0.25, 0.3) is 10.7 Å². The molecule has 21 heavy (non-hydrogen) atoms. The molecular formula is C15H14N4OS. The number of aliphatic hydroxyl groups is 1. The number of hydrogen-bond acceptors (Lipinski definition) is 6. The van der Waals surface area contributed by atoms with E-state index in [1.165, 1.54) is 0 Å². The summed E-state index contributed by atoms with van der Waals surface area (Å²) in [6, 6.07) is 7.58. The van der Waals surface area contributed by atoms with Gasteiger partial charge in [0.1, 0.15) is 5.01 Å². The van der Waals surface area contributed by atoms with Gasteiger partial charge >= 0.3 is 0 Å². The van der Waals surface area contributed by atoms with Gasteiger partial charge in [-0.05, 0) is 18.2 Å². The first-order chi connectivity index (χ1) is 10.4. The second-order valence-electron chi connectivity index (χ2n) is 4.39. The summed E-state index contributed by atoms with van der Waals surface area (Å²) >= 11 is 1.60. The van der Waals surface area contributed by atoms with Gasteiger partial charge in [0.2, 0.25) is 0 Å². The molecule has 3 aromatic rings. The standard InChI is InChI=1S/C15H14N4OS/c20-10-11-4-6-16-9-14(11)18-7-12-8-19-15(21-12)13-3-1-2-5-17-13/h1-6,8-9,18,20H,7,10H2. The van der Waals surface area contributed by atoms with E-state index in [-0.39, 0.29) is 6.61 Å². The van der Waals surface area contributed by atoms with Crippen LogP contribution >= 0.6 is 11.3 Å². The average Bonchev–Trinajstić information content (AvgIpc) is 3.03. The molecule has 0 aromatic carbocycles. The maximum atomic E-state index is 9.28. The van der Waals surface area contributed by atoms with E-state index in [0.717, 1.165) is 26.8 Å². The van der Waals surface area contributed by atoms with Crippen molar-refractivity contribution < 1.29 is 5.11 Å². The smallest absolute Gasteiger partial charge is 0.142 e. The van der Waals surface area contributed by atoms with Gasteiger partial charge in [0.15, 0.2) is 0 Å². The molecule has 3 heterocycles. The highest BCUT2D eigenvalue weighted by molar-refractivity contribution is 7.15. The summed E-state index contributed by atoms with van der Waals surface area (Å²) in [5.41, 5.74) is 2.55. The number of rotatable bonds is 5. The van der Waals surface area contributed by atoms with Crippen molar-refractivity contribution in [3.8, 4) is 10.7 Å². The molecule has 0 aliphatic heterocycles. The third-order valence-corrected chi connectivity index (χ3v) is 3.99. The largest absolute Gasteiger partial charge is 0.392 e. The van der Waals surface area contributed by atoms with E-state index in [2.05, 4.69) is 20.3 Å². The van der Waals surface area contributed by atoms with Gasteiger partial charge in [-0.3, -0.25) is 9.97 Å². The Hall–Kier alpha value is -2.31. The van der Waals surface area contributed by atoms with Crippen molar-refractivity contribution in [2.24, 2.45) is 0 Å². The molecule has 0 fully saturated rings. The van der Waals surface area contributed by atoms with Crippen LogP contribution < -0.4 is 5.32 Å². The Balaban J connectivity index is 1.71. The lowest BCUT2D eigenvalue weighted by Gasteiger charge is -2.08. The first-order valence-electron chi connectivity index (χ1n) is 6.50. The first kappa shape index (κ1) is 13.7. The summed E-state index contributed by atoms with van der Waals surface area (Å²) in [4.78, 5) is 13.8. The SMILES string of the molecule is OCc1ccncc1NCc1cnc(-c2ccccn2)s1. The Bertz CT molecular complexity index is 714. The highest BCUT2D eigenvalue weighted by atomic mass is 32.1. The minimum atomic E-state index is -0.00721. The predicted octanol–water partition coefficient (Wildman–Crippen LogP) is 2.70. The molecule has 0 amide bonds. The van der Waals surface area contributed by atoms with E-state index < -0.39 is 0 Å². The Labute approximate surface area is 126 Å². The minimum Gasteiger partial charge on any atom is -0.392 e. The second kappa shape index (κ2) is 6.43. The molecule has 0 atom stereocenters. The van der Waals surface area contributed by atoms with E-state index in [4.69, 9.17) is 0 Å². The van der Waals surface area contributed by atoms with E-state index in [1.54, 1.807) is 36.0 Å². The summed E-state index contributed by atoms with van der Waals surface area (Å²) < 4.78 is 0. The van der Waals surface area contributed by atoms with Gasteiger partial charge < -0.3 is 10.4 Å². The van der Waals surface area contributed by atoms with Crippen LogP contribution in [0.4, 0.5) is 5.69 Å². The number of nitrogens with zero attached hydrogens (tertiary/aromatic N) is 3. The zero-order chi connectivity index (χ0) is 14.5. The number of nitrogens with one attached hydrogen (secondary N) is 1. The Kier molecular flexibility index (Phi) is 4.18. The summed E-state index contributed by atoms with van der Waals surface area (Å²) in [5, 5.41) is 13.5. The van der Waals surface area contributed by atoms with Crippen molar-refractivity contribution >= 4 is 17.0 Å². The van der Waals surface area contributed by atoms with E-state index >= 15 is 0 Å². The van der Waals surface area contributed by atoms with E-state index in [0.29, 0.717) is 6.54 Å². The molecule has 0 bridgehead atoms. The maximum absolute atomic E-state index is 9.28. The third kappa shape index (κ3) is 3.24. The number of thiazole rings is 1. The van der Waals surface area contributed by atoms with Crippen LogP contribution in [0.2, 0.25) is 0 Å². The van der Waals surface area contributed by atoms with Gasteiger partial charge in [0.25, 0.3) is 0 Å². The van der Waals surface area contributed by atoms with Gasteiger partial charge in [0, 0.05) is 29.0 Å². The molecule has 0 unspecified atom stereocenters.